The van der Waals surface area contributed by atoms with E-state index in [0.29, 0.717) is 5.92 Å². The molecular weight excluding hydrogens is 150 g/mol. The number of rotatable bonds is 3. The third-order valence-electron chi connectivity index (χ3n) is 0.918. The molecule has 1 atom stereocenters. The van der Waals surface area contributed by atoms with Crippen LogP contribution in [0.4, 0.5) is 0 Å². The molecule has 0 saturated carbocycles. The van der Waals surface area contributed by atoms with E-state index in [1.165, 1.54) is 0 Å². The van der Waals surface area contributed by atoms with Gasteiger partial charge in [0.2, 0.25) is 0 Å². The van der Waals surface area contributed by atoms with Gasteiger partial charge in [-0.05, 0) is 12.3 Å². The highest BCUT2D eigenvalue weighted by molar-refractivity contribution is 5.56. The molecule has 0 heterocycles. The second-order valence-electron chi connectivity index (χ2n) is 2.43. The molecule has 2 heteroatoms. The Kier molecular flexibility index (Phi) is 24.9. The zero-order valence-electron chi connectivity index (χ0n) is 9.42. The van der Waals surface area contributed by atoms with Crippen molar-refractivity contribution in [3.8, 4) is 0 Å². The largest absolute Gasteiger partial charge is 0.322 e. The van der Waals surface area contributed by atoms with Crippen LogP contribution in [0.15, 0.2) is 0 Å². The van der Waals surface area contributed by atoms with E-state index in [2.05, 4.69) is 0 Å². The van der Waals surface area contributed by atoms with E-state index < -0.39 is 0 Å². The highest BCUT2D eigenvalue weighted by Gasteiger charge is 2.01. The van der Waals surface area contributed by atoms with E-state index in [0.717, 1.165) is 12.7 Å². The van der Waals surface area contributed by atoms with Gasteiger partial charge >= 0.3 is 0 Å². The minimum absolute atomic E-state index is 0.255. The maximum atomic E-state index is 9.92. The number of carbonyl (C=O) groups excluding carboxylic acids is 1. The molecule has 0 aromatic carbocycles. The van der Waals surface area contributed by atoms with Gasteiger partial charge in [0.05, 0.1) is 6.04 Å². The lowest BCUT2D eigenvalue weighted by atomic mass is 10.1. The van der Waals surface area contributed by atoms with Gasteiger partial charge < -0.3 is 10.5 Å². The zero-order chi connectivity index (χ0) is 10.6. The highest BCUT2D eigenvalue weighted by atomic mass is 16.1. The summed E-state index contributed by atoms with van der Waals surface area (Å²) in [6.07, 6.45) is 1.59. The lowest BCUT2D eigenvalue weighted by Gasteiger charge is -2.04. The first-order valence-corrected chi connectivity index (χ1v) is 4.87. The Morgan fingerprint density at radius 2 is 1.50 bits per heavy atom. The van der Waals surface area contributed by atoms with Crippen LogP contribution < -0.4 is 5.73 Å². The van der Waals surface area contributed by atoms with Crippen molar-refractivity contribution in [3.63, 3.8) is 0 Å². The number of hydrogen-bond donors (Lipinski definition) is 1. The van der Waals surface area contributed by atoms with Crippen LogP contribution in [0.5, 0.6) is 0 Å². The van der Waals surface area contributed by atoms with Crippen LogP contribution in [0.25, 0.3) is 0 Å². The molecular formula is C10H25NO. The summed E-state index contributed by atoms with van der Waals surface area (Å²) in [5, 5.41) is 0. The average molecular weight is 175 g/mol. The quantitative estimate of drug-likeness (QED) is 0.670. The Bertz CT molecular complexity index is 72.2. The van der Waals surface area contributed by atoms with Gasteiger partial charge in [-0.3, -0.25) is 0 Å². The molecule has 0 aromatic rings. The number of aldehydes is 1. The smallest absolute Gasteiger partial charge is 0.136 e. The first-order valence-electron chi connectivity index (χ1n) is 4.87. The summed E-state index contributed by atoms with van der Waals surface area (Å²) in [7, 11) is 0. The van der Waals surface area contributed by atoms with Crippen molar-refractivity contribution in [3.05, 3.63) is 0 Å². The molecule has 0 aromatic heterocycles. The SMILES string of the molecule is CC.CC.CC(C)CC(N)C=O. The van der Waals surface area contributed by atoms with E-state index >= 15 is 0 Å². The Morgan fingerprint density at radius 1 is 1.17 bits per heavy atom. The first kappa shape index (κ1) is 17.6. The van der Waals surface area contributed by atoms with Gasteiger partial charge in [-0.1, -0.05) is 41.5 Å². The molecule has 12 heavy (non-hydrogen) atoms. The fraction of sp³-hybridized carbons (Fsp3) is 0.900. The summed E-state index contributed by atoms with van der Waals surface area (Å²) in [4.78, 5) is 9.92. The lowest BCUT2D eigenvalue weighted by Crippen LogP contribution is -2.23. The summed E-state index contributed by atoms with van der Waals surface area (Å²) >= 11 is 0. The first-order chi connectivity index (χ1) is 5.66. The molecule has 0 bridgehead atoms. The third kappa shape index (κ3) is 22.6. The summed E-state index contributed by atoms with van der Waals surface area (Å²) in [5.41, 5.74) is 5.31. The number of nitrogens with two attached hydrogens (primary N) is 1. The van der Waals surface area contributed by atoms with Gasteiger partial charge in [-0.2, -0.15) is 0 Å². The second kappa shape index (κ2) is 16.9. The molecule has 1 unspecified atom stereocenters. The van der Waals surface area contributed by atoms with Crippen molar-refractivity contribution in [1.29, 1.82) is 0 Å². The minimum atomic E-state index is -0.255. The maximum absolute atomic E-state index is 9.92. The van der Waals surface area contributed by atoms with Crippen molar-refractivity contribution in [2.24, 2.45) is 11.7 Å². The van der Waals surface area contributed by atoms with Gasteiger partial charge in [-0.25, -0.2) is 0 Å². The highest BCUT2D eigenvalue weighted by Crippen LogP contribution is 1.99. The molecule has 2 N–H and O–H groups in total. The second-order valence-corrected chi connectivity index (χ2v) is 2.43. The van der Waals surface area contributed by atoms with Crippen LogP contribution in [-0.4, -0.2) is 12.3 Å². The van der Waals surface area contributed by atoms with E-state index in [9.17, 15) is 4.79 Å². The van der Waals surface area contributed by atoms with Gasteiger partial charge in [-0.15, -0.1) is 0 Å². The van der Waals surface area contributed by atoms with Crippen LogP contribution in [-0.2, 0) is 4.79 Å². The Balaban J connectivity index is -0.000000175. The average Bonchev–Trinajstić information content (AvgIpc) is 2.10. The van der Waals surface area contributed by atoms with E-state index in [1.54, 1.807) is 0 Å². The summed E-state index contributed by atoms with van der Waals surface area (Å²) in [6, 6.07) is -0.255. The van der Waals surface area contributed by atoms with Gasteiger partial charge in [0.25, 0.3) is 0 Å². The summed E-state index contributed by atoms with van der Waals surface area (Å²) in [5.74, 6) is 0.523. The zero-order valence-corrected chi connectivity index (χ0v) is 9.42. The number of hydrogen-bond acceptors (Lipinski definition) is 2. The van der Waals surface area contributed by atoms with Crippen molar-refractivity contribution in [2.75, 3.05) is 0 Å². The topological polar surface area (TPSA) is 43.1 Å². The van der Waals surface area contributed by atoms with Crippen molar-refractivity contribution < 1.29 is 4.79 Å². The van der Waals surface area contributed by atoms with Crippen molar-refractivity contribution >= 4 is 6.29 Å². The standard InChI is InChI=1S/C6H13NO.2C2H6/c1-5(2)3-6(7)4-8;2*1-2/h4-6H,3,7H2,1-2H3;2*1-2H3. The van der Waals surface area contributed by atoms with Crippen LogP contribution in [0.3, 0.4) is 0 Å². The van der Waals surface area contributed by atoms with E-state index in [-0.39, 0.29) is 6.04 Å². The fourth-order valence-corrected chi connectivity index (χ4v) is 0.600. The molecule has 0 rings (SSSR count). The molecule has 0 amide bonds. The normalized spacial score (nSPS) is 10.3. The van der Waals surface area contributed by atoms with Crippen molar-refractivity contribution in [2.45, 2.75) is 54.0 Å². The number of carbonyl (C=O) groups is 1. The Labute approximate surface area is 77.5 Å². The molecule has 76 valence electrons. The lowest BCUT2D eigenvalue weighted by molar-refractivity contribution is -0.109. The van der Waals surface area contributed by atoms with Gasteiger partial charge in [0.15, 0.2) is 0 Å². The summed E-state index contributed by atoms with van der Waals surface area (Å²) < 4.78 is 0. The van der Waals surface area contributed by atoms with Crippen LogP contribution in [0.1, 0.15) is 48.0 Å². The molecule has 0 spiro atoms. The van der Waals surface area contributed by atoms with Crippen LogP contribution in [0.2, 0.25) is 0 Å². The fourth-order valence-electron chi connectivity index (χ4n) is 0.600. The summed E-state index contributed by atoms with van der Waals surface area (Å²) in [6.45, 7) is 12.1. The molecule has 2 nitrogen and oxygen atoms in total. The molecule has 0 aliphatic rings. The van der Waals surface area contributed by atoms with Crippen molar-refractivity contribution in [1.82, 2.24) is 0 Å². The van der Waals surface area contributed by atoms with E-state index in [1.807, 2.05) is 41.5 Å². The molecule has 0 fully saturated rings. The minimum Gasteiger partial charge on any atom is -0.322 e. The Hall–Kier alpha value is -0.370. The third-order valence-corrected chi connectivity index (χ3v) is 0.918. The van der Waals surface area contributed by atoms with Gasteiger partial charge in [0, 0.05) is 0 Å². The molecule has 0 radical (unpaired) electrons. The van der Waals surface area contributed by atoms with Crippen LogP contribution >= 0.6 is 0 Å². The van der Waals surface area contributed by atoms with Gasteiger partial charge in [0.1, 0.15) is 6.29 Å². The predicted octanol–water partition coefficient (Wildman–Crippen LogP) is 2.61. The Morgan fingerprint density at radius 3 is 1.58 bits per heavy atom. The van der Waals surface area contributed by atoms with E-state index in [4.69, 9.17) is 5.73 Å². The van der Waals surface area contributed by atoms with Crippen LogP contribution in [0, 0.1) is 5.92 Å². The monoisotopic (exact) mass is 175 g/mol. The predicted molar refractivity (Wildman–Crippen MR) is 56.2 cm³/mol. The molecule has 0 saturated heterocycles. The molecule has 0 aliphatic heterocycles. The molecule has 0 aliphatic carbocycles. The maximum Gasteiger partial charge on any atom is 0.136 e.